The third-order valence-corrected chi connectivity index (χ3v) is 5.08. The Morgan fingerprint density at radius 3 is 2.62 bits per heavy atom. The maximum Gasteiger partial charge on any atom is 0.0701 e. The first-order valence-electron chi connectivity index (χ1n) is 5.92. The first kappa shape index (κ1) is 12.6. The number of halogens is 1. The van der Waals surface area contributed by atoms with Crippen LogP contribution in [0.4, 0.5) is 0 Å². The second kappa shape index (κ2) is 5.63. The number of thiophene rings is 1. The van der Waals surface area contributed by atoms with Crippen molar-refractivity contribution in [2.45, 2.75) is 50.7 Å². The van der Waals surface area contributed by atoms with Gasteiger partial charge in [0.05, 0.1) is 3.79 Å². The van der Waals surface area contributed by atoms with E-state index < -0.39 is 0 Å². The van der Waals surface area contributed by atoms with E-state index in [2.05, 4.69) is 40.3 Å². The highest BCUT2D eigenvalue weighted by molar-refractivity contribution is 9.11. The van der Waals surface area contributed by atoms with Gasteiger partial charge < -0.3 is 11.1 Å². The van der Waals surface area contributed by atoms with Crippen LogP contribution in [0.3, 0.4) is 0 Å². The van der Waals surface area contributed by atoms with Crippen molar-refractivity contribution in [3.63, 3.8) is 0 Å². The molecule has 1 aliphatic carbocycles. The van der Waals surface area contributed by atoms with Gasteiger partial charge >= 0.3 is 0 Å². The molecule has 0 saturated heterocycles. The van der Waals surface area contributed by atoms with Crippen molar-refractivity contribution in [2.75, 3.05) is 0 Å². The van der Waals surface area contributed by atoms with E-state index in [-0.39, 0.29) is 0 Å². The van der Waals surface area contributed by atoms with Crippen molar-refractivity contribution in [3.8, 4) is 0 Å². The summed E-state index contributed by atoms with van der Waals surface area (Å²) < 4.78 is 1.21. The molecule has 1 aromatic rings. The molecule has 0 aliphatic heterocycles. The van der Waals surface area contributed by atoms with Crippen molar-refractivity contribution in [2.24, 2.45) is 5.73 Å². The number of nitrogens with two attached hydrogens (primary N) is 1. The van der Waals surface area contributed by atoms with Gasteiger partial charge in [0.15, 0.2) is 0 Å². The molecule has 2 rings (SSSR count). The van der Waals surface area contributed by atoms with Gasteiger partial charge in [-0.3, -0.25) is 0 Å². The highest BCUT2D eigenvalue weighted by Crippen LogP contribution is 2.28. The lowest BCUT2D eigenvalue weighted by atomic mass is 9.91. The molecular formula is C12H19BrN2S. The molecule has 16 heavy (non-hydrogen) atoms. The Kier molecular flexibility index (Phi) is 4.41. The lowest BCUT2D eigenvalue weighted by Gasteiger charge is -2.29. The largest absolute Gasteiger partial charge is 0.328 e. The van der Waals surface area contributed by atoms with Gasteiger partial charge in [-0.05, 0) is 60.7 Å². The lowest BCUT2D eigenvalue weighted by Crippen LogP contribution is -2.38. The summed E-state index contributed by atoms with van der Waals surface area (Å²) in [5.74, 6) is 0. The Labute approximate surface area is 110 Å². The summed E-state index contributed by atoms with van der Waals surface area (Å²) in [5.41, 5.74) is 5.91. The van der Waals surface area contributed by atoms with E-state index in [0.717, 1.165) is 0 Å². The normalized spacial score (nSPS) is 27.9. The molecule has 0 amide bonds. The molecule has 90 valence electrons. The monoisotopic (exact) mass is 302 g/mol. The Balaban J connectivity index is 1.85. The summed E-state index contributed by atoms with van der Waals surface area (Å²) >= 11 is 5.32. The van der Waals surface area contributed by atoms with Crippen LogP contribution in [0.5, 0.6) is 0 Å². The number of nitrogens with one attached hydrogen (secondary N) is 1. The molecule has 1 aliphatic rings. The maximum absolute atomic E-state index is 5.91. The molecule has 0 aromatic carbocycles. The van der Waals surface area contributed by atoms with E-state index in [9.17, 15) is 0 Å². The molecule has 2 nitrogen and oxygen atoms in total. The molecule has 1 unspecified atom stereocenters. The molecule has 0 spiro atoms. The van der Waals surface area contributed by atoms with E-state index in [1.807, 2.05) is 11.3 Å². The minimum absolute atomic E-state index is 0.434. The number of rotatable bonds is 3. The van der Waals surface area contributed by atoms with E-state index in [4.69, 9.17) is 5.73 Å². The van der Waals surface area contributed by atoms with Crippen molar-refractivity contribution in [1.82, 2.24) is 5.32 Å². The molecular weight excluding hydrogens is 284 g/mol. The van der Waals surface area contributed by atoms with E-state index in [1.165, 1.54) is 34.3 Å². The van der Waals surface area contributed by atoms with Crippen LogP contribution in [0.25, 0.3) is 0 Å². The predicted molar refractivity (Wildman–Crippen MR) is 73.8 cm³/mol. The Bertz CT molecular complexity index is 332. The van der Waals surface area contributed by atoms with Crippen LogP contribution in [0.2, 0.25) is 0 Å². The van der Waals surface area contributed by atoms with Crippen LogP contribution in [-0.4, -0.2) is 12.1 Å². The standard InChI is InChI=1S/C12H19BrN2S/c1-8(11-6-7-12(13)16-11)15-10-4-2-9(14)3-5-10/h6-10,15H,2-5,14H2,1H3. The number of hydrogen-bond donors (Lipinski definition) is 2. The van der Waals surface area contributed by atoms with Crippen LogP contribution in [0.1, 0.15) is 43.5 Å². The van der Waals surface area contributed by atoms with Crippen LogP contribution in [0, 0.1) is 0 Å². The molecule has 1 heterocycles. The van der Waals surface area contributed by atoms with Gasteiger partial charge in [-0.2, -0.15) is 0 Å². The Morgan fingerprint density at radius 1 is 1.38 bits per heavy atom. The van der Waals surface area contributed by atoms with Crippen molar-refractivity contribution in [1.29, 1.82) is 0 Å². The van der Waals surface area contributed by atoms with Gasteiger partial charge in [0.1, 0.15) is 0 Å². The van der Waals surface area contributed by atoms with Crippen molar-refractivity contribution in [3.05, 3.63) is 20.8 Å². The topological polar surface area (TPSA) is 38.0 Å². The molecule has 1 aromatic heterocycles. The molecule has 1 fully saturated rings. The molecule has 1 atom stereocenters. The van der Waals surface area contributed by atoms with E-state index in [1.54, 1.807) is 0 Å². The quantitative estimate of drug-likeness (QED) is 0.898. The highest BCUT2D eigenvalue weighted by Gasteiger charge is 2.20. The summed E-state index contributed by atoms with van der Waals surface area (Å²) in [7, 11) is 0. The maximum atomic E-state index is 5.91. The zero-order chi connectivity index (χ0) is 11.5. The van der Waals surface area contributed by atoms with Gasteiger partial charge in [-0.15, -0.1) is 11.3 Å². The lowest BCUT2D eigenvalue weighted by molar-refractivity contribution is 0.323. The van der Waals surface area contributed by atoms with Gasteiger partial charge in [0.2, 0.25) is 0 Å². The van der Waals surface area contributed by atoms with Crippen molar-refractivity contribution < 1.29 is 0 Å². The highest BCUT2D eigenvalue weighted by atomic mass is 79.9. The zero-order valence-corrected chi connectivity index (χ0v) is 12.0. The average molecular weight is 303 g/mol. The first-order chi connectivity index (χ1) is 7.65. The fourth-order valence-electron chi connectivity index (χ4n) is 2.28. The third kappa shape index (κ3) is 3.29. The Hall–Kier alpha value is 0.1000. The fourth-order valence-corrected chi connectivity index (χ4v) is 3.72. The van der Waals surface area contributed by atoms with Crippen LogP contribution in [0.15, 0.2) is 15.9 Å². The third-order valence-electron chi connectivity index (χ3n) is 3.28. The molecule has 4 heteroatoms. The number of hydrogen-bond acceptors (Lipinski definition) is 3. The van der Waals surface area contributed by atoms with E-state index in [0.29, 0.717) is 18.1 Å². The molecule has 3 N–H and O–H groups in total. The molecule has 1 saturated carbocycles. The van der Waals surface area contributed by atoms with Gasteiger partial charge in [-0.25, -0.2) is 0 Å². The van der Waals surface area contributed by atoms with Crippen LogP contribution < -0.4 is 11.1 Å². The predicted octanol–water partition coefficient (Wildman–Crippen LogP) is 3.43. The summed E-state index contributed by atoms with van der Waals surface area (Å²) in [4.78, 5) is 1.40. The summed E-state index contributed by atoms with van der Waals surface area (Å²) in [6, 6.07) is 5.85. The fraction of sp³-hybridized carbons (Fsp3) is 0.667. The zero-order valence-electron chi connectivity index (χ0n) is 9.58. The van der Waals surface area contributed by atoms with E-state index >= 15 is 0 Å². The smallest absolute Gasteiger partial charge is 0.0701 e. The minimum atomic E-state index is 0.434. The minimum Gasteiger partial charge on any atom is -0.328 e. The summed E-state index contributed by atoms with van der Waals surface area (Å²) in [5, 5.41) is 3.70. The molecule has 0 bridgehead atoms. The van der Waals surface area contributed by atoms with Crippen LogP contribution in [-0.2, 0) is 0 Å². The van der Waals surface area contributed by atoms with Crippen molar-refractivity contribution >= 4 is 27.3 Å². The van der Waals surface area contributed by atoms with Gasteiger partial charge in [0.25, 0.3) is 0 Å². The second-order valence-corrected chi connectivity index (χ2v) is 7.14. The SMILES string of the molecule is CC(NC1CCC(N)CC1)c1ccc(Br)s1. The molecule has 0 radical (unpaired) electrons. The second-order valence-electron chi connectivity index (χ2n) is 4.64. The first-order valence-corrected chi connectivity index (χ1v) is 7.53. The van der Waals surface area contributed by atoms with Gasteiger partial charge in [0, 0.05) is 23.0 Å². The van der Waals surface area contributed by atoms with Crippen LogP contribution >= 0.6 is 27.3 Å². The Morgan fingerprint density at radius 2 is 2.06 bits per heavy atom. The van der Waals surface area contributed by atoms with Gasteiger partial charge in [-0.1, -0.05) is 0 Å². The summed E-state index contributed by atoms with van der Waals surface area (Å²) in [6.45, 7) is 2.24. The average Bonchev–Trinajstić information content (AvgIpc) is 2.68. The summed E-state index contributed by atoms with van der Waals surface area (Å²) in [6.07, 6.45) is 4.77.